The van der Waals surface area contributed by atoms with Gasteiger partial charge < -0.3 is 5.11 Å². The maximum absolute atomic E-state index is 10.7. The average Bonchev–Trinajstić information content (AvgIpc) is 2.46. The first kappa shape index (κ1) is 8.18. The van der Waals surface area contributed by atoms with Gasteiger partial charge in [-0.05, 0) is 15.9 Å². The normalized spacial score (nSPS) is 10.5. The van der Waals surface area contributed by atoms with Gasteiger partial charge in [-0.25, -0.2) is 14.3 Å². The van der Waals surface area contributed by atoms with Crippen LogP contribution in [0.3, 0.4) is 0 Å². The number of hydrogen-bond donors (Lipinski definition) is 1. The summed E-state index contributed by atoms with van der Waals surface area (Å²) in [5, 5.41) is 12.6. The molecule has 6 heteroatoms. The van der Waals surface area contributed by atoms with Crippen LogP contribution in [0.4, 0.5) is 0 Å². The summed E-state index contributed by atoms with van der Waals surface area (Å²) in [6, 6.07) is 0. The molecule has 0 spiro atoms. The summed E-state index contributed by atoms with van der Waals surface area (Å²) in [4.78, 5) is 14.6. The van der Waals surface area contributed by atoms with Crippen molar-refractivity contribution in [2.75, 3.05) is 0 Å². The minimum absolute atomic E-state index is 0.153. The molecule has 66 valence electrons. The monoisotopic (exact) mass is 241 g/mol. The van der Waals surface area contributed by atoms with Crippen LogP contribution in [-0.4, -0.2) is 25.7 Å². The van der Waals surface area contributed by atoms with Gasteiger partial charge >= 0.3 is 5.97 Å². The first-order valence-corrected chi connectivity index (χ1v) is 4.20. The van der Waals surface area contributed by atoms with Crippen molar-refractivity contribution in [3.8, 4) is 0 Å². The van der Waals surface area contributed by atoms with Gasteiger partial charge in [-0.2, -0.15) is 5.10 Å². The lowest BCUT2D eigenvalue weighted by Gasteiger charge is -1.93. The van der Waals surface area contributed by atoms with Gasteiger partial charge in [-0.3, -0.25) is 0 Å². The van der Waals surface area contributed by atoms with Crippen molar-refractivity contribution in [1.82, 2.24) is 14.6 Å². The topological polar surface area (TPSA) is 67.5 Å². The largest absolute Gasteiger partial charge is 0.478 e. The van der Waals surface area contributed by atoms with Crippen LogP contribution >= 0.6 is 15.9 Å². The van der Waals surface area contributed by atoms with E-state index in [0.29, 0.717) is 10.1 Å². The maximum Gasteiger partial charge on any atom is 0.339 e. The molecule has 2 heterocycles. The Balaban J connectivity index is 2.76. The number of fused-ring (bicyclic) bond motifs is 1. The van der Waals surface area contributed by atoms with Crippen molar-refractivity contribution in [3.63, 3.8) is 0 Å². The molecule has 0 bridgehead atoms. The van der Waals surface area contributed by atoms with Crippen LogP contribution in [0.1, 0.15) is 10.4 Å². The van der Waals surface area contributed by atoms with Crippen LogP contribution in [-0.2, 0) is 0 Å². The molecule has 2 rings (SSSR count). The number of carboxylic acid groups (broad SMARTS) is 1. The average molecular weight is 242 g/mol. The van der Waals surface area contributed by atoms with E-state index in [9.17, 15) is 4.79 Å². The zero-order valence-electron chi connectivity index (χ0n) is 6.31. The van der Waals surface area contributed by atoms with E-state index in [-0.39, 0.29) is 5.56 Å². The Hall–Kier alpha value is -1.43. The van der Waals surface area contributed by atoms with E-state index in [2.05, 4.69) is 26.0 Å². The molecule has 0 aliphatic heterocycles. The van der Waals surface area contributed by atoms with Crippen molar-refractivity contribution in [2.45, 2.75) is 0 Å². The fourth-order valence-electron chi connectivity index (χ4n) is 1.03. The summed E-state index contributed by atoms with van der Waals surface area (Å²) in [5.41, 5.74) is 0.635. The van der Waals surface area contributed by atoms with Crippen LogP contribution in [0.25, 0.3) is 5.52 Å². The molecule has 0 atom stereocenters. The minimum atomic E-state index is -1.00. The van der Waals surface area contributed by atoms with Crippen molar-refractivity contribution >= 4 is 27.4 Å². The first-order chi connectivity index (χ1) is 6.18. The van der Waals surface area contributed by atoms with E-state index in [1.807, 2.05) is 0 Å². The van der Waals surface area contributed by atoms with E-state index in [1.54, 1.807) is 6.20 Å². The first-order valence-electron chi connectivity index (χ1n) is 3.40. The van der Waals surface area contributed by atoms with Crippen molar-refractivity contribution in [3.05, 3.63) is 28.8 Å². The smallest absolute Gasteiger partial charge is 0.339 e. The number of nitrogens with zero attached hydrogens (tertiary/aromatic N) is 3. The lowest BCUT2D eigenvalue weighted by molar-refractivity contribution is 0.0699. The molecule has 0 unspecified atom stereocenters. The molecule has 0 aliphatic carbocycles. The van der Waals surface area contributed by atoms with Crippen LogP contribution in [0.2, 0.25) is 0 Å². The lowest BCUT2D eigenvalue weighted by Crippen LogP contribution is -1.95. The molecule has 0 saturated heterocycles. The molecule has 13 heavy (non-hydrogen) atoms. The van der Waals surface area contributed by atoms with E-state index in [1.165, 1.54) is 16.9 Å². The van der Waals surface area contributed by atoms with Crippen LogP contribution < -0.4 is 0 Å². The standard InChI is InChI=1S/C7H4BrN3O2/c8-6-3-11-5(2-9-6)4(1-10-11)7(12)13/h1-3H,(H,12,13). The molecule has 2 aromatic heterocycles. The van der Waals surface area contributed by atoms with E-state index in [0.717, 1.165) is 0 Å². The molecule has 0 fully saturated rings. The second-order valence-electron chi connectivity index (χ2n) is 2.40. The Morgan fingerprint density at radius 3 is 3.00 bits per heavy atom. The molecule has 2 aromatic rings. The number of rotatable bonds is 1. The highest BCUT2D eigenvalue weighted by molar-refractivity contribution is 9.10. The zero-order chi connectivity index (χ0) is 9.42. The fraction of sp³-hybridized carbons (Fsp3) is 0. The second kappa shape index (κ2) is 2.81. The van der Waals surface area contributed by atoms with Gasteiger partial charge in [-0.15, -0.1) is 0 Å². The molecule has 5 nitrogen and oxygen atoms in total. The Kier molecular flexibility index (Phi) is 1.77. The third kappa shape index (κ3) is 1.29. The van der Waals surface area contributed by atoms with Gasteiger partial charge in [-0.1, -0.05) is 0 Å². The summed E-state index contributed by atoms with van der Waals surface area (Å²) in [7, 11) is 0. The molecule has 0 radical (unpaired) electrons. The molecular weight excluding hydrogens is 238 g/mol. The van der Waals surface area contributed by atoms with Crippen LogP contribution in [0.15, 0.2) is 23.2 Å². The SMILES string of the molecule is O=C(O)c1cnn2cc(Br)ncc12. The van der Waals surface area contributed by atoms with Crippen molar-refractivity contribution in [1.29, 1.82) is 0 Å². The van der Waals surface area contributed by atoms with E-state index >= 15 is 0 Å². The fourth-order valence-corrected chi connectivity index (χ4v) is 1.32. The quantitative estimate of drug-likeness (QED) is 0.815. The van der Waals surface area contributed by atoms with Crippen LogP contribution in [0.5, 0.6) is 0 Å². The van der Waals surface area contributed by atoms with Gasteiger partial charge in [0, 0.05) is 0 Å². The predicted molar refractivity (Wildman–Crippen MR) is 47.6 cm³/mol. The Labute approximate surface area is 81.1 Å². The van der Waals surface area contributed by atoms with Crippen LogP contribution in [0, 0.1) is 0 Å². The molecule has 1 N–H and O–H groups in total. The number of halogens is 1. The zero-order valence-corrected chi connectivity index (χ0v) is 7.89. The Bertz CT molecular complexity index is 480. The number of carboxylic acids is 1. The summed E-state index contributed by atoms with van der Waals surface area (Å²) < 4.78 is 2.07. The molecular formula is C7H4BrN3O2. The highest BCUT2D eigenvalue weighted by Crippen LogP contribution is 2.12. The molecule has 0 aromatic carbocycles. The Morgan fingerprint density at radius 1 is 1.54 bits per heavy atom. The van der Waals surface area contributed by atoms with Crippen molar-refractivity contribution < 1.29 is 9.90 Å². The number of aromatic carboxylic acids is 1. The summed E-state index contributed by atoms with van der Waals surface area (Å²) in [6.07, 6.45) is 4.36. The van der Waals surface area contributed by atoms with Gasteiger partial charge in [0.15, 0.2) is 0 Å². The Morgan fingerprint density at radius 2 is 2.31 bits per heavy atom. The van der Waals surface area contributed by atoms with Gasteiger partial charge in [0.1, 0.15) is 10.2 Å². The van der Waals surface area contributed by atoms with Gasteiger partial charge in [0.25, 0.3) is 0 Å². The van der Waals surface area contributed by atoms with Gasteiger partial charge in [0.2, 0.25) is 0 Å². The van der Waals surface area contributed by atoms with Gasteiger partial charge in [0.05, 0.1) is 24.1 Å². The highest BCUT2D eigenvalue weighted by atomic mass is 79.9. The number of hydrogen-bond acceptors (Lipinski definition) is 3. The second-order valence-corrected chi connectivity index (χ2v) is 3.22. The molecule has 0 saturated carbocycles. The third-order valence-electron chi connectivity index (χ3n) is 1.60. The van der Waals surface area contributed by atoms with E-state index in [4.69, 9.17) is 5.11 Å². The summed E-state index contributed by atoms with van der Waals surface area (Å²) >= 11 is 3.16. The molecule has 0 aliphatic rings. The van der Waals surface area contributed by atoms with E-state index < -0.39 is 5.97 Å². The molecule has 0 amide bonds. The number of carbonyl (C=O) groups is 1. The highest BCUT2D eigenvalue weighted by Gasteiger charge is 2.10. The minimum Gasteiger partial charge on any atom is -0.478 e. The van der Waals surface area contributed by atoms with Crippen molar-refractivity contribution in [2.24, 2.45) is 0 Å². The third-order valence-corrected chi connectivity index (χ3v) is 2.01. The lowest BCUT2D eigenvalue weighted by atomic mass is 10.3. The maximum atomic E-state index is 10.7. The number of aromatic nitrogens is 3. The summed E-state index contributed by atoms with van der Waals surface area (Å²) in [6.45, 7) is 0. The predicted octanol–water partition coefficient (Wildman–Crippen LogP) is 1.19. The summed E-state index contributed by atoms with van der Waals surface area (Å²) in [5.74, 6) is -1.00.